The molecule has 2 fully saturated rings. The van der Waals surface area contributed by atoms with Crippen molar-refractivity contribution in [1.29, 1.82) is 0 Å². The van der Waals surface area contributed by atoms with Crippen molar-refractivity contribution >= 4 is 11.8 Å². The van der Waals surface area contributed by atoms with Crippen molar-refractivity contribution in [3.8, 4) is 0 Å². The molecule has 0 radical (unpaired) electrons. The van der Waals surface area contributed by atoms with Gasteiger partial charge in [0.25, 0.3) is 5.91 Å². The molecule has 0 aliphatic carbocycles. The maximum absolute atomic E-state index is 13.0. The number of ether oxygens (including phenoxy) is 1. The van der Waals surface area contributed by atoms with Crippen LogP contribution in [0.25, 0.3) is 0 Å². The SMILES string of the molecule is CCCn1ncc(C(=O)N2CC[C@H](NC(=O)C3CCOCC3)[C@H](CC)C2)c1C. The highest BCUT2D eigenvalue weighted by Gasteiger charge is 2.34. The van der Waals surface area contributed by atoms with Crippen LogP contribution in [0.1, 0.15) is 62.0 Å². The number of aryl methyl sites for hydroxylation is 1. The van der Waals surface area contributed by atoms with Crippen LogP contribution >= 0.6 is 0 Å². The van der Waals surface area contributed by atoms with Gasteiger partial charge < -0.3 is 15.0 Å². The lowest BCUT2D eigenvalue weighted by atomic mass is 9.88. The molecule has 0 saturated carbocycles. The fraction of sp³-hybridized carbons (Fsp3) is 0.762. The van der Waals surface area contributed by atoms with Crippen LogP contribution in [0.2, 0.25) is 0 Å². The lowest BCUT2D eigenvalue weighted by molar-refractivity contribution is -0.129. The van der Waals surface area contributed by atoms with E-state index in [1.807, 2.05) is 16.5 Å². The standard InChI is InChI=1S/C21H34N4O3/c1-4-9-25-15(3)18(13-22-25)21(27)24-10-6-19(16(5-2)14-24)23-20(26)17-7-11-28-12-8-17/h13,16-17,19H,4-12,14H2,1-3H3,(H,23,26)/t16-,19+/m1/s1. The molecule has 1 aromatic rings. The van der Waals surface area contributed by atoms with E-state index < -0.39 is 0 Å². The third kappa shape index (κ3) is 4.57. The molecule has 3 heterocycles. The van der Waals surface area contributed by atoms with E-state index >= 15 is 0 Å². The van der Waals surface area contributed by atoms with Crippen LogP contribution in [-0.4, -0.2) is 58.8 Å². The summed E-state index contributed by atoms with van der Waals surface area (Å²) in [5.41, 5.74) is 1.64. The van der Waals surface area contributed by atoms with Gasteiger partial charge in [0.05, 0.1) is 11.8 Å². The molecule has 7 nitrogen and oxygen atoms in total. The molecule has 2 aliphatic rings. The Kier molecular flexibility index (Phi) is 7.10. The normalized spacial score (nSPS) is 23.6. The van der Waals surface area contributed by atoms with Crippen molar-refractivity contribution in [2.75, 3.05) is 26.3 Å². The van der Waals surface area contributed by atoms with Gasteiger partial charge in [-0.15, -0.1) is 0 Å². The average molecular weight is 391 g/mol. The van der Waals surface area contributed by atoms with Gasteiger partial charge in [0, 0.05) is 50.5 Å². The summed E-state index contributed by atoms with van der Waals surface area (Å²) in [5.74, 6) is 0.571. The Hall–Kier alpha value is -1.89. The molecule has 2 saturated heterocycles. The lowest BCUT2D eigenvalue weighted by Gasteiger charge is -2.39. The second kappa shape index (κ2) is 9.54. The van der Waals surface area contributed by atoms with Gasteiger partial charge in [-0.1, -0.05) is 13.8 Å². The summed E-state index contributed by atoms with van der Waals surface area (Å²) in [5, 5.41) is 7.64. The van der Waals surface area contributed by atoms with Gasteiger partial charge in [-0.05, 0) is 44.9 Å². The summed E-state index contributed by atoms with van der Waals surface area (Å²) >= 11 is 0. The van der Waals surface area contributed by atoms with Crippen LogP contribution in [0.15, 0.2) is 6.20 Å². The fourth-order valence-corrected chi connectivity index (χ4v) is 4.34. The number of hydrogen-bond donors (Lipinski definition) is 1. The van der Waals surface area contributed by atoms with Crippen LogP contribution in [-0.2, 0) is 16.1 Å². The van der Waals surface area contributed by atoms with Gasteiger partial charge in [-0.3, -0.25) is 14.3 Å². The molecule has 7 heteroatoms. The van der Waals surface area contributed by atoms with Crippen LogP contribution in [0.4, 0.5) is 0 Å². The molecular formula is C21H34N4O3. The zero-order valence-corrected chi connectivity index (χ0v) is 17.4. The van der Waals surface area contributed by atoms with E-state index in [-0.39, 0.29) is 29.7 Å². The van der Waals surface area contributed by atoms with Gasteiger partial charge in [0.1, 0.15) is 0 Å². The molecule has 156 valence electrons. The Bertz CT molecular complexity index is 681. The number of nitrogens with zero attached hydrogens (tertiary/aromatic N) is 3. The van der Waals surface area contributed by atoms with Gasteiger partial charge >= 0.3 is 0 Å². The minimum atomic E-state index is 0.0625. The second-order valence-electron chi connectivity index (χ2n) is 8.08. The van der Waals surface area contributed by atoms with Crippen molar-refractivity contribution in [3.63, 3.8) is 0 Å². The maximum Gasteiger partial charge on any atom is 0.257 e. The van der Waals surface area contributed by atoms with Crippen molar-refractivity contribution in [2.24, 2.45) is 11.8 Å². The van der Waals surface area contributed by atoms with Crippen molar-refractivity contribution < 1.29 is 14.3 Å². The van der Waals surface area contributed by atoms with E-state index in [0.717, 1.165) is 44.3 Å². The molecule has 2 atom stereocenters. The van der Waals surface area contributed by atoms with E-state index in [1.54, 1.807) is 6.20 Å². The van der Waals surface area contributed by atoms with E-state index in [0.29, 0.717) is 31.9 Å². The first-order valence-electron chi connectivity index (χ1n) is 10.7. The highest BCUT2D eigenvalue weighted by Crippen LogP contribution is 2.24. The predicted octanol–water partition coefficient (Wildman–Crippen LogP) is 2.39. The number of carbonyl (C=O) groups is 2. The molecule has 0 spiro atoms. The largest absolute Gasteiger partial charge is 0.381 e. The Morgan fingerprint density at radius 1 is 1.25 bits per heavy atom. The number of nitrogens with one attached hydrogen (secondary N) is 1. The number of likely N-dealkylation sites (tertiary alicyclic amines) is 1. The zero-order chi connectivity index (χ0) is 20.1. The van der Waals surface area contributed by atoms with Gasteiger partial charge in [0.15, 0.2) is 0 Å². The van der Waals surface area contributed by atoms with Crippen molar-refractivity contribution in [3.05, 3.63) is 17.5 Å². The van der Waals surface area contributed by atoms with Crippen molar-refractivity contribution in [1.82, 2.24) is 20.0 Å². The lowest BCUT2D eigenvalue weighted by Crippen LogP contribution is -2.53. The predicted molar refractivity (Wildman–Crippen MR) is 107 cm³/mol. The van der Waals surface area contributed by atoms with E-state index in [9.17, 15) is 9.59 Å². The molecule has 0 bridgehead atoms. The number of hydrogen-bond acceptors (Lipinski definition) is 4. The molecule has 3 rings (SSSR count). The first-order chi connectivity index (χ1) is 13.5. The van der Waals surface area contributed by atoms with E-state index in [4.69, 9.17) is 4.74 Å². The molecular weight excluding hydrogens is 356 g/mol. The minimum Gasteiger partial charge on any atom is -0.381 e. The summed E-state index contributed by atoms with van der Waals surface area (Å²) in [6.07, 6.45) is 6.06. The highest BCUT2D eigenvalue weighted by atomic mass is 16.5. The average Bonchev–Trinajstić information content (AvgIpc) is 3.09. The topological polar surface area (TPSA) is 76.5 Å². The van der Waals surface area contributed by atoms with Crippen LogP contribution in [0.3, 0.4) is 0 Å². The number of carbonyl (C=O) groups excluding carboxylic acids is 2. The minimum absolute atomic E-state index is 0.0625. The van der Waals surface area contributed by atoms with Gasteiger partial charge in [-0.25, -0.2) is 0 Å². The van der Waals surface area contributed by atoms with Gasteiger partial charge in [0.2, 0.25) is 5.91 Å². The Morgan fingerprint density at radius 3 is 2.68 bits per heavy atom. The molecule has 0 unspecified atom stereocenters. The number of rotatable bonds is 6. The zero-order valence-electron chi connectivity index (χ0n) is 17.4. The fourth-order valence-electron chi connectivity index (χ4n) is 4.34. The Balaban J connectivity index is 1.60. The van der Waals surface area contributed by atoms with Crippen LogP contribution in [0, 0.1) is 18.8 Å². The number of piperidine rings is 1. The molecule has 0 aromatic carbocycles. The van der Waals surface area contributed by atoms with Crippen molar-refractivity contribution in [2.45, 2.75) is 65.5 Å². The second-order valence-corrected chi connectivity index (χ2v) is 8.08. The summed E-state index contributed by atoms with van der Waals surface area (Å²) in [6.45, 7) is 9.75. The van der Waals surface area contributed by atoms with Crippen LogP contribution < -0.4 is 5.32 Å². The third-order valence-corrected chi connectivity index (χ3v) is 6.23. The Labute approximate surface area is 167 Å². The smallest absolute Gasteiger partial charge is 0.257 e. The molecule has 1 N–H and O–H groups in total. The van der Waals surface area contributed by atoms with Gasteiger partial charge in [-0.2, -0.15) is 5.10 Å². The first kappa shape index (κ1) is 20.8. The van der Waals surface area contributed by atoms with E-state index in [1.165, 1.54) is 0 Å². The highest BCUT2D eigenvalue weighted by molar-refractivity contribution is 5.95. The summed E-state index contributed by atoms with van der Waals surface area (Å²) in [4.78, 5) is 27.6. The maximum atomic E-state index is 13.0. The third-order valence-electron chi connectivity index (χ3n) is 6.23. The summed E-state index contributed by atoms with van der Waals surface area (Å²) in [6, 6.07) is 0.147. The molecule has 2 aliphatic heterocycles. The quantitative estimate of drug-likeness (QED) is 0.809. The van der Waals surface area contributed by atoms with Crippen LogP contribution in [0.5, 0.6) is 0 Å². The number of amides is 2. The number of aromatic nitrogens is 2. The molecule has 2 amide bonds. The Morgan fingerprint density at radius 2 is 2.00 bits per heavy atom. The molecule has 1 aromatic heterocycles. The monoisotopic (exact) mass is 390 g/mol. The first-order valence-corrected chi connectivity index (χ1v) is 10.7. The summed E-state index contributed by atoms with van der Waals surface area (Å²) < 4.78 is 7.27. The van der Waals surface area contributed by atoms with E-state index in [2.05, 4.69) is 24.3 Å². The molecule has 28 heavy (non-hydrogen) atoms. The summed E-state index contributed by atoms with van der Waals surface area (Å²) in [7, 11) is 0.